The summed E-state index contributed by atoms with van der Waals surface area (Å²) in [5.74, 6) is -0.137. The van der Waals surface area contributed by atoms with E-state index in [9.17, 15) is 14.0 Å². The van der Waals surface area contributed by atoms with Gasteiger partial charge in [-0.2, -0.15) is 0 Å². The monoisotopic (exact) mass is 434 g/mol. The maximum absolute atomic E-state index is 13.9. The molecule has 4 rings (SSSR count). The van der Waals surface area contributed by atoms with Crippen LogP contribution >= 0.6 is 0 Å². The van der Waals surface area contributed by atoms with Crippen molar-refractivity contribution >= 4 is 23.2 Å². The van der Waals surface area contributed by atoms with Crippen LogP contribution in [0.25, 0.3) is 0 Å². The van der Waals surface area contributed by atoms with Gasteiger partial charge in [0.25, 0.3) is 11.8 Å². The van der Waals surface area contributed by atoms with Gasteiger partial charge >= 0.3 is 0 Å². The number of ether oxygens (including phenoxy) is 2. The zero-order valence-corrected chi connectivity index (χ0v) is 17.8. The zero-order chi connectivity index (χ0) is 22.7. The first-order valence-corrected chi connectivity index (χ1v) is 10.3. The van der Waals surface area contributed by atoms with Gasteiger partial charge in [-0.15, -0.1) is 0 Å². The Kier molecular flexibility index (Phi) is 6.07. The normalized spacial score (nSPS) is 15.0. The Morgan fingerprint density at radius 3 is 2.72 bits per heavy atom. The van der Waals surface area contributed by atoms with Crippen LogP contribution in [0.3, 0.4) is 0 Å². The fourth-order valence-electron chi connectivity index (χ4n) is 3.52. The van der Waals surface area contributed by atoms with E-state index in [2.05, 4.69) is 5.32 Å². The van der Waals surface area contributed by atoms with Crippen LogP contribution in [-0.4, -0.2) is 31.1 Å². The fraction of sp³-hybridized carbons (Fsp3) is 0.200. The number of hydrogen-bond donors (Lipinski definition) is 1. The van der Waals surface area contributed by atoms with Crippen LogP contribution in [0.2, 0.25) is 0 Å². The minimum atomic E-state index is -0.681. The van der Waals surface area contributed by atoms with Gasteiger partial charge in [0.1, 0.15) is 23.9 Å². The third-order valence-corrected chi connectivity index (χ3v) is 5.12. The minimum absolute atomic E-state index is 0.0513. The Balaban J connectivity index is 1.49. The average molecular weight is 434 g/mol. The number of anilines is 2. The molecule has 2 amide bonds. The van der Waals surface area contributed by atoms with E-state index in [0.717, 1.165) is 11.3 Å². The number of aryl methyl sites for hydroxylation is 1. The highest BCUT2D eigenvalue weighted by molar-refractivity contribution is 6.05. The Hall–Kier alpha value is -3.87. The summed E-state index contributed by atoms with van der Waals surface area (Å²) in [6, 6.07) is 18.4. The van der Waals surface area contributed by atoms with Crippen molar-refractivity contribution in [1.29, 1.82) is 0 Å². The molecule has 0 aliphatic carbocycles. The molecule has 3 aromatic carbocycles. The van der Waals surface area contributed by atoms with Gasteiger partial charge in [0, 0.05) is 11.8 Å². The molecule has 0 bridgehead atoms. The van der Waals surface area contributed by atoms with Crippen molar-refractivity contribution in [2.75, 3.05) is 23.4 Å². The molecule has 0 radical (unpaired) electrons. The minimum Gasteiger partial charge on any atom is -0.492 e. The van der Waals surface area contributed by atoms with Crippen LogP contribution < -0.4 is 19.7 Å². The van der Waals surface area contributed by atoms with Crippen molar-refractivity contribution in [3.8, 4) is 11.5 Å². The molecule has 1 heterocycles. The molecule has 3 aromatic rings. The van der Waals surface area contributed by atoms with E-state index in [4.69, 9.17) is 9.47 Å². The molecule has 1 N–H and O–H groups in total. The van der Waals surface area contributed by atoms with Gasteiger partial charge < -0.3 is 19.7 Å². The average Bonchev–Trinajstić information content (AvgIpc) is 2.76. The molecular formula is C25H23FN2O4. The predicted octanol–water partition coefficient (Wildman–Crippen LogP) is 4.58. The van der Waals surface area contributed by atoms with E-state index in [1.807, 2.05) is 31.2 Å². The van der Waals surface area contributed by atoms with Crippen LogP contribution in [0.1, 0.15) is 22.8 Å². The lowest BCUT2D eigenvalue weighted by Crippen LogP contribution is -2.46. The fourth-order valence-corrected chi connectivity index (χ4v) is 3.52. The van der Waals surface area contributed by atoms with Gasteiger partial charge in [-0.1, -0.05) is 24.3 Å². The summed E-state index contributed by atoms with van der Waals surface area (Å²) in [4.78, 5) is 26.7. The second-order valence-electron chi connectivity index (χ2n) is 7.53. The molecule has 0 saturated heterocycles. The van der Waals surface area contributed by atoms with E-state index in [0.29, 0.717) is 30.3 Å². The molecule has 0 spiro atoms. The Bertz CT molecular complexity index is 1160. The third kappa shape index (κ3) is 4.56. The van der Waals surface area contributed by atoms with Crippen LogP contribution in [0.4, 0.5) is 15.8 Å². The third-order valence-electron chi connectivity index (χ3n) is 5.12. The molecule has 6 nitrogen and oxygen atoms in total. The SMILES string of the molecule is Cc1cccc(OCCN2C(=O)C(C)Oc3cc(NC(=O)c4ccccc4F)ccc32)c1. The first-order chi connectivity index (χ1) is 15.4. The summed E-state index contributed by atoms with van der Waals surface area (Å²) in [6.07, 6.45) is -0.681. The summed E-state index contributed by atoms with van der Waals surface area (Å²) in [5, 5.41) is 2.67. The van der Waals surface area contributed by atoms with Crippen LogP contribution in [0.15, 0.2) is 66.7 Å². The van der Waals surface area contributed by atoms with E-state index in [-0.39, 0.29) is 11.5 Å². The standard InChI is InChI=1S/C25H23FN2O4/c1-16-6-5-7-19(14-16)31-13-12-28-22-11-10-18(15-23(22)32-17(2)25(28)30)27-24(29)20-8-3-4-9-21(20)26/h3-11,14-15,17H,12-13H2,1-2H3,(H,27,29). The van der Waals surface area contributed by atoms with E-state index in [1.165, 1.54) is 18.2 Å². The lowest BCUT2D eigenvalue weighted by molar-refractivity contribution is -0.125. The maximum atomic E-state index is 13.9. The number of nitrogens with one attached hydrogen (secondary N) is 1. The topological polar surface area (TPSA) is 67.9 Å². The van der Waals surface area contributed by atoms with Crippen molar-refractivity contribution in [1.82, 2.24) is 0 Å². The Morgan fingerprint density at radius 1 is 1.12 bits per heavy atom. The summed E-state index contributed by atoms with van der Waals surface area (Å²) in [5.41, 5.74) is 2.07. The lowest BCUT2D eigenvalue weighted by atomic mass is 10.1. The van der Waals surface area contributed by atoms with Crippen LogP contribution in [0.5, 0.6) is 11.5 Å². The second-order valence-corrected chi connectivity index (χ2v) is 7.53. The molecule has 7 heteroatoms. The van der Waals surface area contributed by atoms with Gasteiger partial charge in [0.2, 0.25) is 0 Å². The number of amides is 2. The first kappa shape index (κ1) is 21.4. The summed E-state index contributed by atoms with van der Waals surface area (Å²) in [6.45, 7) is 4.31. The molecule has 1 atom stereocenters. The maximum Gasteiger partial charge on any atom is 0.267 e. The van der Waals surface area contributed by atoms with Crippen LogP contribution in [0, 0.1) is 12.7 Å². The van der Waals surface area contributed by atoms with Gasteiger partial charge in [-0.3, -0.25) is 9.59 Å². The van der Waals surface area contributed by atoms with Crippen molar-refractivity contribution in [3.05, 3.63) is 83.7 Å². The number of carbonyl (C=O) groups excluding carboxylic acids is 2. The van der Waals surface area contributed by atoms with Gasteiger partial charge in [0.05, 0.1) is 17.8 Å². The number of rotatable bonds is 6. The Morgan fingerprint density at radius 2 is 1.94 bits per heavy atom. The second kappa shape index (κ2) is 9.09. The molecule has 0 aromatic heterocycles. The molecule has 0 saturated carbocycles. The highest BCUT2D eigenvalue weighted by atomic mass is 19.1. The van der Waals surface area contributed by atoms with Gasteiger partial charge in [-0.05, 0) is 55.8 Å². The molecule has 164 valence electrons. The zero-order valence-electron chi connectivity index (χ0n) is 17.8. The number of carbonyl (C=O) groups is 2. The van der Waals surface area contributed by atoms with E-state index < -0.39 is 17.8 Å². The molecule has 1 unspecified atom stereocenters. The largest absolute Gasteiger partial charge is 0.492 e. The highest BCUT2D eigenvalue weighted by Crippen LogP contribution is 2.36. The first-order valence-electron chi connectivity index (χ1n) is 10.3. The summed E-state index contributed by atoms with van der Waals surface area (Å²) in [7, 11) is 0. The van der Waals surface area contributed by atoms with Crippen molar-refractivity contribution in [2.24, 2.45) is 0 Å². The number of halogens is 1. The number of fused-ring (bicyclic) bond motifs is 1. The van der Waals surface area contributed by atoms with Crippen molar-refractivity contribution in [3.63, 3.8) is 0 Å². The predicted molar refractivity (Wildman–Crippen MR) is 120 cm³/mol. The molecule has 32 heavy (non-hydrogen) atoms. The highest BCUT2D eigenvalue weighted by Gasteiger charge is 2.31. The Labute approximate surface area is 185 Å². The number of nitrogens with zero attached hydrogens (tertiary/aromatic N) is 1. The van der Waals surface area contributed by atoms with E-state index >= 15 is 0 Å². The molecule has 1 aliphatic rings. The smallest absolute Gasteiger partial charge is 0.267 e. The molecular weight excluding hydrogens is 411 g/mol. The number of benzene rings is 3. The van der Waals surface area contributed by atoms with Gasteiger partial charge in [0.15, 0.2) is 6.10 Å². The molecule has 1 aliphatic heterocycles. The van der Waals surface area contributed by atoms with E-state index in [1.54, 1.807) is 36.1 Å². The van der Waals surface area contributed by atoms with Crippen LogP contribution in [-0.2, 0) is 4.79 Å². The summed E-state index contributed by atoms with van der Waals surface area (Å²) < 4.78 is 25.4. The summed E-state index contributed by atoms with van der Waals surface area (Å²) >= 11 is 0. The van der Waals surface area contributed by atoms with Crippen molar-refractivity contribution in [2.45, 2.75) is 20.0 Å². The number of hydrogen-bond acceptors (Lipinski definition) is 4. The molecule has 0 fully saturated rings. The van der Waals surface area contributed by atoms with Gasteiger partial charge in [-0.25, -0.2) is 4.39 Å². The van der Waals surface area contributed by atoms with Crippen molar-refractivity contribution < 1.29 is 23.5 Å². The quantitative estimate of drug-likeness (QED) is 0.617. The lowest BCUT2D eigenvalue weighted by Gasteiger charge is -2.33.